The molecule has 3 N–H and O–H groups in total. The van der Waals surface area contributed by atoms with Crippen LogP contribution in [0.3, 0.4) is 0 Å². The number of aromatic amines is 1. The van der Waals surface area contributed by atoms with E-state index in [4.69, 9.17) is 0 Å². The first kappa shape index (κ1) is 15.8. The second-order valence-electron chi connectivity index (χ2n) is 5.14. The van der Waals surface area contributed by atoms with Crippen LogP contribution in [0.2, 0.25) is 0 Å². The molecule has 0 aromatic carbocycles. The van der Waals surface area contributed by atoms with Gasteiger partial charge < -0.3 is 5.32 Å². The predicted molar refractivity (Wildman–Crippen MR) is 81.4 cm³/mol. The third-order valence-corrected chi connectivity index (χ3v) is 6.43. The number of hydrogen-bond donors (Lipinski definition) is 3. The minimum atomic E-state index is -3.51. The number of aryl methyl sites for hydroxylation is 1. The molecule has 1 aromatic rings. The highest BCUT2D eigenvalue weighted by Crippen LogP contribution is 2.29. The molecule has 1 fully saturated rings. The summed E-state index contributed by atoms with van der Waals surface area (Å²) in [6.07, 6.45) is 4.95. The number of aromatic nitrogens is 2. The predicted octanol–water partition coefficient (Wildman–Crippen LogP) is 1.000. The van der Waals surface area contributed by atoms with Gasteiger partial charge in [0.05, 0.1) is 11.4 Å². The average Bonchev–Trinajstić information content (AvgIpc) is 2.96. The van der Waals surface area contributed by atoms with E-state index < -0.39 is 10.0 Å². The van der Waals surface area contributed by atoms with Crippen LogP contribution in [0.15, 0.2) is 4.90 Å². The molecule has 0 aliphatic heterocycles. The fraction of sp³-hybridized carbons (Fsp3) is 0.750. The molecule has 0 spiro atoms. The van der Waals surface area contributed by atoms with E-state index >= 15 is 0 Å². The number of sulfonamides is 1. The van der Waals surface area contributed by atoms with Crippen molar-refractivity contribution in [2.75, 3.05) is 13.3 Å². The Balaban J connectivity index is 2.16. The summed E-state index contributed by atoms with van der Waals surface area (Å²) < 4.78 is 27.9. The molecule has 1 aromatic heterocycles. The van der Waals surface area contributed by atoms with Crippen molar-refractivity contribution in [1.29, 1.82) is 0 Å². The summed E-state index contributed by atoms with van der Waals surface area (Å²) in [5.41, 5.74) is 1.12. The van der Waals surface area contributed by atoms with Gasteiger partial charge in [-0.25, -0.2) is 13.1 Å². The molecule has 8 heteroatoms. The van der Waals surface area contributed by atoms with Crippen LogP contribution in [0.4, 0.5) is 0 Å². The normalized spacial score (nSPS) is 23.4. The topological polar surface area (TPSA) is 86.9 Å². The molecule has 1 heterocycles. The van der Waals surface area contributed by atoms with Gasteiger partial charge >= 0.3 is 0 Å². The van der Waals surface area contributed by atoms with Crippen molar-refractivity contribution in [3.63, 3.8) is 0 Å². The molecule has 0 amide bonds. The van der Waals surface area contributed by atoms with Crippen molar-refractivity contribution < 1.29 is 8.42 Å². The van der Waals surface area contributed by atoms with Crippen molar-refractivity contribution >= 4 is 21.8 Å². The summed E-state index contributed by atoms with van der Waals surface area (Å²) in [6.45, 7) is 2.17. The molecule has 2 rings (SSSR count). The molecule has 6 nitrogen and oxygen atoms in total. The van der Waals surface area contributed by atoms with Crippen molar-refractivity contribution in [1.82, 2.24) is 20.2 Å². The second-order valence-corrected chi connectivity index (χ2v) is 7.93. The van der Waals surface area contributed by atoms with Crippen LogP contribution in [0.5, 0.6) is 0 Å². The van der Waals surface area contributed by atoms with E-state index in [-0.39, 0.29) is 6.04 Å². The molecule has 0 saturated heterocycles. The van der Waals surface area contributed by atoms with Gasteiger partial charge in [0.1, 0.15) is 4.90 Å². The molecule has 1 saturated carbocycles. The van der Waals surface area contributed by atoms with Gasteiger partial charge in [-0.2, -0.15) is 16.9 Å². The third kappa shape index (κ3) is 3.36. The fourth-order valence-corrected chi connectivity index (χ4v) is 5.10. The Morgan fingerprint density at radius 2 is 2.20 bits per heavy atom. The van der Waals surface area contributed by atoms with Crippen LogP contribution in [0.25, 0.3) is 0 Å². The molecule has 2 unspecified atom stereocenters. The Hall–Kier alpha value is -0.570. The third-order valence-electron chi connectivity index (χ3n) is 3.61. The molecule has 114 valence electrons. The van der Waals surface area contributed by atoms with Crippen molar-refractivity contribution in [3.8, 4) is 0 Å². The lowest BCUT2D eigenvalue weighted by molar-refractivity contribution is 0.550. The Bertz CT molecular complexity index is 556. The molecule has 0 bridgehead atoms. The highest BCUT2D eigenvalue weighted by Gasteiger charge is 2.31. The molecular formula is C12H22N4O2S2. The van der Waals surface area contributed by atoms with E-state index in [1.54, 1.807) is 14.0 Å². The maximum atomic E-state index is 12.6. The fourth-order valence-electron chi connectivity index (χ4n) is 2.65. The van der Waals surface area contributed by atoms with Gasteiger partial charge in [-0.05, 0) is 39.5 Å². The lowest BCUT2D eigenvalue weighted by Gasteiger charge is -2.14. The zero-order chi connectivity index (χ0) is 14.8. The minimum absolute atomic E-state index is 0.0363. The SMILES string of the molecule is CNCc1n[nH]c(C)c1S(=O)(=O)NC1CCC(SC)C1. The molecule has 1 aliphatic rings. The standard InChI is InChI=1S/C12H22N4O2S2/c1-8-12(11(7-13-2)15-14-8)20(17,18)16-9-4-5-10(6-9)19-3/h9-10,13,16H,4-7H2,1-3H3,(H,14,15). The monoisotopic (exact) mass is 318 g/mol. The Labute approximate surface area is 124 Å². The van der Waals surface area contributed by atoms with E-state index in [1.165, 1.54) is 0 Å². The van der Waals surface area contributed by atoms with Crippen LogP contribution >= 0.6 is 11.8 Å². The Morgan fingerprint density at radius 3 is 2.80 bits per heavy atom. The van der Waals surface area contributed by atoms with Gasteiger partial charge in [-0.3, -0.25) is 5.10 Å². The second kappa shape index (κ2) is 6.46. The molecule has 0 radical (unpaired) electrons. The van der Waals surface area contributed by atoms with Crippen LogP contribution in [0.1, 0.15) is 30.7 Å². The number of hydrogen-bond acceptors (Lipinski definition) is 5. The highest BCUT2D eigenvalue weighted by molar-refractivity contribution is 7.99. The van der Waals surface area contributed by atoms with Gasteiger partial charge in [0.15, 0.2) is 0 Å². The smallest absolute Gasteiger partial charge is 0.244 e. The van der Waals surface area contributed by atoms with Crippen LogP contribution in [0, 0.1) is 6.92 Å². The van der Waals surface area contributed by atoms with Gasteiger partial charge in [0.2, 0.25) is 10.0 Å². The summed E-state index contributed by atoms with van der Waals surface area (Å²) in [5, 5.41) is 10.3. The van der Waals surface area contributed by atoms with Gasteiger partial charge in [-0.1, -0.05) is 0 Å². The zero-order valence-electron chi connectivity index (χ0n) is 12.1. The molecular weight excluding hydrogens is 296 g/mol. The van der Waals surface area contributed by atoms with Gasteiger partial charge in [0, 0.05) is 17.8 Å². The van der Waals surface area contributed by atoms with E-state index in [0.29, 0.717) is 28.1 Å². The summed E-state index contributed by atoms with van der Waals surface area (Å²) >= 11 is 1.81. The first-order valence-corrected chi connectivity index (χ1v) is 9.48. The number of nitrogens with one attached hydrogen (secondary N) is 3. The van der Waals surface area contributed by atoms with Crippen LogP contribution < -0.4 is 10.0 Å². The van der Waals surface area contributed by atoms with Crippen molar-refractivity contribution in [3.05, 3.63) is 11.4 Å². The van der Waals surface area contributed by atoms with Crippen molar-refractivity contribution in [2.45, 2.75) is 48.9 Å². The average molecular weight is 318 g/mol. The van der Waals surface area contributed by atoms with E-state index in [1.807, 2.05) is 11.8 Å². The Morgan fingerprint density at radius 1 is 1.45 bits per heavy atom. The first-order valence-electron chi connectivity index (χ1n) is 6.71. The minimum Gasteiger partial charge on any atom is -0.314 e. The quantitative estimate of drug-likeness (QED) is 0.728. The lowest BCUT2D eigenvalue weighted by atomic mass is 10.3. The molecule has 1 aliphatic carbocycles. The maximum Gasteiger partial charge on any atom is 0.244 e. The number of H-pyrrole nitrogens is 1. The zero-order valence-corrected chi connectivity index (χ0v) is 13.7. The number of rotatable bonds is 6. The number of thioether (sulfide) groups is 1. The molecule has 2 atom stereocenters. The summed E-state index contributed by atoms with van der Waals surface area (Å²) in [6, 6.07) is 0.0363. The van der Waals surface area contributed by atoms with E-state index in [2.05, 4.69) is 26.5 Å². The lowest BCUT2D eigenvalue weighted by Crippen LogP contribution is -2.34. The van der Waals surface area contributed by atoms with E-state index in [9.17, 15) is 8.42 Å². The van der Waals surface area contributed by atoms with Gasteiger partial charge in [-0.15, -0.1) is 0 Å². The largest absolute Gasteiger partial charge is 0.314 e. The first-order chi connectivity index (χ1) is 9.47. The van der Waals surface area contributed by atoms with E-state index in [0.717, 1.165) is 19.3 Å². The van der Waals surface area contributed by atoms with Crippen LogP contribution in [-0.2, 0) is 16.6 Å². The Kier molecular flexibility index (Phi) is 5.11. The van der Waals surface area contributed by atoms with Crippen LogP contribution in [-0.4, -0.2) is 43.2 Å². The summed E-state index contributed by atoms with van der Waals surface area (Å²) in [7, 11) is -1.74. The summed E-state index contributed by atoms with van der Waals surface area (Å²) in [4.78, 5) is 0.291. The van der Waals surface area contributed by atoms with Gasteiger partial charge in [0.25, 0.3) is 0 Å². The maximum absolute atomic E-state index is 12.6. The summed E-state index contributed by atoms with van der Waals surface area (Å²) in [5.74, 6) is 0. The highest BCUT2D eigenvalue weighted by atomic mass is 32.2. The molecule has 20 heavy (non-hydrogen) atoms. The van der Waals surface area contributed by atoms with Crippen molar-refractivity contribution in [2.24, 2.45) is 0 Å². The number of nitrogens with zero attached hydrogens (tertiary/aromatic N) is 1.